The van der Waals surface area contributed by atoms with Crippen LogP contribution >= 0.6 is 0 Å². The molecule has 1 heterocycles. The van der Waals surface area contributed by atoms with Crippen LogP contribution in [0.2, 0.25) is 0 Å². The van der Waals surface area contributed by atoms with Crippen LogP contribution in [0.5, 0.6) is 0 Å². The van der Waals surface area contributed by atoms with E-state index >= 15 is 0 Å². The zero-order valence-corrected chi connectivity index (χ0v) is 11.0. The Balaban J connectivity index is 2.97. The normalized spacial score (nSPS) is 12.4. The molecule has 1 aromatic rings. The second-order valence-electron chi connectivity index (χ2n) is 5.16. The Hall–Kier alpha value is -1.38. The van der Waals surface area contributed by atoms with E-state index in [4.69, 9.17) is 0 Å². The third kappa shape index (κ3) is 2.60. The van der Waals surface area contributed by atoms with Crippen molar-refractivity contribution in [2.75, 3.05) is 0 Å². The maximum atomic E-state index is 11.8. The molecular weight excluding hydrogens is 200 g/mol. The van der Waals surface area contributed by atoms with Gasteiger partial charge in [0.05, 0.1) is 5.69 Å². The molecule has 0 aliphatic carbocycles. The summed E-state index contributed by atoms with van der Waals surface area (Å²) in [5.74, 6) is 0.134. The molecule has 3 heteroatoms. The number of hydrogen-bond acceptors (Lipinski definition) is 2. The van der Waals surface area contributed by atoms with Gasteiger partial charge in [0.1, 0.15) is 0 Å². The van der Waals surface area contributed by atoms with Gasteiger partial charge in [0, 0.05) is 23.7 Å². The van der Waals surface area contributed by atoms with E-state index in [1.807, 2.05) is 52.4 Å². The van der Waals surface area contributed by atoms with Crippen LogP contribution in [0.4, 0.5) is 0 Å². The summed E-state index contributed by atoms with van der Waals surface area (Å²) in [6.45, 7) is 9.71. The SMILES string of the molecule is Cc1nn(C)c(C)c1C=CC(=O)C(C)(C)C. The lowest BCUT2D eigenvalue weighted by molar-refractivity contribution is -0.121. The van der Waals surface area contributed by atoms with E-state index in [0.717, 1.165) is 17.0 Å². The van der Waals surface area contributed by atoms with Gasteiger partial charge >= 0.3 is 0 Å². The Labute approximate surface area is 97.2 Å². The lowest BCUT2D eigenvalue weighted by Gasteiger charge is -2.12. The van der Waals surface area contributed by atoms with Gasteiger partial charge in [-0.25, -0.2) is 0 Å². The molecule has 0 saturated heterocycles. The highest BCUT2D eigenvalue weighted by Gasteiger charge is 2.18. The summed E-state index contributed by atoms with van der Waals surface area (Å²) in [4.78, 5) is 11.8. The molecule has 0 radical (unpaired) electrons. The first-order chi connectivity index (χ1) is 7.23. The summed E-state index contributed by atoms with van der Waals surface area (Å²) < 4.78 is 1.83. The molecule has 0 fully saturated rings. The van der Waals surface area contributed by atoms with Crippen molar-refractivity contribution in [1.82, 2.24) is 9.78 Å². The molecule has 16 heavy (non-hydrogen) atoms. The Kier molecular flexibility index (Phi) is 3.36. The second-order valence-corrected chi connectivity index (χ2v) is 5.16. The number of nitrogens with zero attached hydrogens (tertiary/aromatic N) is 2. The Morgan fingerprint density at radius 2 is 1.88 bits per heavy atom. The standard InChI is InChI=1S/C13H20N2O/c1-9-11(10(2)15(6)14-9)7-8-12(16)13(3,4)5/h7-8H,1-6H3. The van der Waals surface area contributed by atoms with E-state index in [0.29, 0.717) is 0 Å². The number of rotatable bonds is 2. The Morgan fingerprint density at radius 1 is 1.31 bits per heavy atom. The predicted octanol–water partition coefficient (Wildman–Crippen LogP) is 2.67. The van der Waals surface area contributed by atoms with Gasteiger partial charge in [-0.2, -0.15) is 5.10 Å². The van der Waals surface area contributed by atoms with Gasteiger partial charge in [-0.3, -0.25) is 9.48 Å². The van der Waals surface area contributed by atoms with Crippen LogP contribution in [0.3, 0.4) is 0 Å². The van der Waals surface area contributed by atoms with Crippen LogP contribution < -0.4 is 0 Å². The van der Waals surface area contributed by atoms with E-state index in [1.165, 1.54) is 0 Å². The fourth-order valence-corrected chi connectivity index (χ4v) is 1.44. The largest absolute Gasteiger partial charge is 0.294 e. The first-order valence-electron chi connectivity index (χ1n) is 5.46. The molecular formula is C13H20N2O. The lowest BCUT2D eigenvalue weighted by atomic mass is 9.90. The van der Waals surface area contributed by atoms with Crippen molar-refractivity contribution in [3.8, 4) is 0 Å². The lowest BCUT2D eigenvalue weighted by Crippen LogP contribution is -2.17. The molecule has 0 unspecified atom stereocenters. The number of allylic oxidation sites excluding steroid dienone is 1. The van der Waals surface area contributed by atoms with Crippen molar-refractivity contribution in [2.45, 2.75) is 34.6 Å². The van der Waals surface area contributed by atoms with E-state index in [2.05, 4.69) is 5.10 Å². The molecule has 1 aromatic heterocycles. The smallest absolute Gasteiger partial charge is 0.161 e. The first kappa shape index (κ1) is 12.7. The van der Waals surface area contributed by atoms with E-state index in [9.17, 15) is 4.79 Å². The minimum absolute atomic E-state index is 0.134. The molecule has 88 valence electrons. The average molecular weight is 220 g/mol. The van der Waals surface area contributed by atoms with Gasteiger partial charge in [0.15, 0.2) is 5.78 Å². The fraction of sp³-hybridized carbons (Fsp3) is 0.538. The minimum atomic E-state index is -0.319. The zero-order valence-electron chi connectivity index (χ0n) is 11.0. The molecule has 1 rings (SSSR count). The highest BCUT2D eigenvalue weighted by Crippen LogP contribution is 2.18. The third-order valence-corrected chi connectivity index (χ3v) is 2.71. The van der Waals surface area contributed by atoms with Gasteiger partial charge in [-0.1, -0.05) is 20.8 Å². The predicted molar refractivity (Wildman–Crippen MR) is 66.2 cm³/mol. The highest BCUT2D eigenvalue weighted by atomic mass is 16.1. The molecule has 0 bridgehead atoms. The zero-order chi connectivity index (χ0) is 12.5. The van der Waals surface area contributed by atoms with Crippen molar-refractivity contribution in [2.24, 2.45) is 12.5 Å². The maximum absolute atomic E-state index is 11.8. The van der Waals surface area contributed by atoms with Crippen LogP contribution in [0.15, 0.2) is 6.08 Å². The topological polar surface area (TPSA) is 34.9 Å². The van der Waals surface area contributed by atoms with Crippen molar-refractivity contribution >= 4 is 11.9 Å². The summed E-state index contributed by atoms with van der Waals surface area (Å²) in [7, 11) is 1.91. The summed E-state index contributed by atoms with van der Waals surface area (Å²) in [6.07, 6.45) is 3.52. The van der Waals surface area contributed by atoms with Crippen molar-refractivity contribution in [1.29, 1.82) is 0 Å². The maximum Gasteiger partial charge on any atom is 0.161 e. The van der Waals surface area contributed by atoms with Crippen LogP contribution in [-0.4, -0.2) is 15.6 Å². The monoisotopic (exact) mass is 220 g/mol. The summed E-state index contributed by atoms with van der Waals surface area (Å²) in [5.41, 5.74) is 2.76. The van der Waals surface area contributed by atoms with Gasteiger partial charge in [0.25, 0.3) is 0 Å². The molecule has 0 spiro atoms. The van der Waals surface area contributed by atoms with Gasteiger partial charge < -0.3 is 0 Å². The van der Waals surface area contributed by atoms with Crippen LogP contribution in [-0.2, 0) is 11.8 Å². The second kappa shape index (κ2) is 4.24. The van der Waals surface area contributed by atoms with Crippen LogP contribution in [0.1, 0.15) is 37.7 Å². The number of carbonyl (C=O) groups is 1. The minimum Gasteiger partial charge on any atom is -0.294 e. The molecule has 0 saturated carbocycles. The molecule has 3 nitrogen and oxygen atoms in total. The summed E-state index contributed by atoms with van der Waals surface area (Å²) >= 11 is 0. The number of hydrogen-bond donors (Lipinski definition) is 0. The molecule has 0 N–H and O–H groups in total. The number of aromatic nitrogens is 2. The highest BCUT2D eigenvalue weighted by molar-refractivity contribution is 5.97. The molecule has 0 atom stereocenters. The molecule has 0 amide bonds. The average Bonchev–Trinajstić information content (AvgIpc) is 2.37. The van der Waals surface area contributed by atoms with Gasteiger partial charge in [-0.15, -0.1) is 0 Å². The Morgan fingerprint density at radius 3 is 2.25 bits per heavy atom. The van der Waals surface area contributed by atoms with Crippen molar-refractivity contribution in [3.05, 3.63) is 23.0 Å². The van der Waals surface area contributed by atoms with Gasteiger partial charge in [0.2, 0.25) is 0 Å². The number of carbonyl (C=O) groups excluding carboxylic acids is 1. The Bertz CT molecular complexity index is 434. The fourth-order valence-electron chi connectivity index (χ4n) is 1.44. The van der Waals surface area contributed by atoms with Crippen molar-refractivity contribution in [3.63, 3.8) is 0 Å². The van der Waals surface area contributed by atoms with Crippen LogP contribution in [0, 0.1) is 19.3 Å². The number of aryl methyl sites for hydroxylation is 2. The van der Waals surface area contributed by atoms with E-state index < -0.39 is 0 Å². The molecule has 0 aromatic carbocycles. The summed E-state index contributed by atoms with van der Waals surface area (Å²) in [5, 5.41) is 4.30. The van der Waals surface area contributed by atoms with E-state index in [1.54, 1.807) is 6.08 Å². The number of ketones is 1. The quantitative estimate of drug-likeness (QED) is 0.718. The summed E-state index contributed by atoms with van der Waals surface area (Å²) in [6, 6.07) is 0. The molecule has 0 aliphatic heterocycles. The van der Waals surface area contributed by atoms with E-state index in [-0.39, 0.29) is 11.2 Å². The first-order valence-corrected chi connectivity index (χ1v) is 5.46. The van der Waals surface area contributed by atoms with Crippen LogP contribution in [0.25, 0.3) is 6.08 Å². The van der Waals surface area contributed by atoms with Crippen molar-refractivity contribution < 1.29 is 4.79 Å². The molecule has 0 aliphatic rings. The third-order valence-electron chi connectivity index (χ3n) is 2.71. The van der Waals surface area contributed by atoms with Gasteiger partial charge in [-0.05, 0) is 26.0 Å².